The van der Waals surface area contributed by atoms with Crippen LogP contribution in [0.1, 0.15) is 12.0 Å². The summed E-state index contributed by atoms with van der Waals surface area (Å²) < 4.78 is 4.39. The second kappa shape index (κ2) is 7.78. The summed E-state index contributed by atoms with van der Waals surface area (Å²) in [6.07, 6.45) is 0.283. The van der Waals surface area contributed by atoms with Crippen LogP contribution in [0.3, 0.4) is 0 Å². The molecule has 0 aliphatic rings. The number of hydrogen-bond acceptors (Lipinski definition) is 4. The van der Waals surface area contributed by atoms with Crippen molar-refractivity contribution in [2.24, 2.45) is 0 Å². The molecule has 0 unspecified atom stereocenters. The number of rotatable bonds is 6. The Morgan fingerprint density at radius 3 is 2.60 bits per heavy atom. The van der Waals surface area contributed by atoms with Crippen molar-refractivity contribution in [3.05, 3.63) is 29.8 Å². The highest BCUT2D eigenvalue weighted by atomic mass is 16.5. The van der Waals surface area contributed by atoms with Gasteiger partial charge < -0.3 is 20.5 Å². The molecule has 0 aliphatic heterocycles. The highest BCUT2D eigenvalue weighted by Crippen LogP contribution is 2.16. The van der Waals surface area contributed by atoms with Gasteiger partial charge in [0.2, 0.25) is 0 Å². The van der Waals surface area contributed by atoms with Crippen molar-refractivity contribution in [3.8, 4) is 0 Å². The van der Waals surface area contributed by atoms with Gasteiger partial charge in [-0.2, -0.15) is 0 Å². The van der Waals surface area contributed by atoms with Gasteiger partial charge in [-0.05, 0) is 18.1 Å². The van der Waals surface area contributed by atoms with Crippen molar-refractivity contribution >= 4 is 23.7 Å². The fourth-order valence-corrected chi connectivity index (χ4v) is 1.49. The monoisotopic (exact) mass is 280 g/mol. The molecule has 1 aromatic carbocycles. The van der Waals surface area contributed by atoms with Gasteiger partial charge in [0, 0.05) is 12.1 Å². The number of carboxylic acids is 1. The minimum atomic E-state index is -0.907. The number of carboxylic acid groups (broad SMARTS) is 1. The van der Waals surface area contributed by atoms with E-state index in [1.165, 1.54) is 7.11 Å². The van der Waals surface area contributed by atoms with Gasteiger partial charge in [0.25, 0.3) is 0 Å². The first kappa shape index (κ1) is 15.5. The lowest BCUT2D eigenvalue weighted by atomic mass is 10.1. The van der Waals surface area contributed by atoms with E-state index in [-0.39, 0.29) is 13.0 Å². The summed E-state index contributed by atoms with van der Waals surface area (Å²) in [5.74, 6) is -1.46. The lowest BCUT2D eigenvalue weighted by molar-refractivity contribution is -0.139. The van der Waals surface area contributed by atoms with Crippen LogP contribution in [-0.4, -0.2) is 36.7 Å². The summed E-state index contributed by atoms with van der Waals surface area (Å²) in [7, 11) is 1.23. The van der Waals surface area contributed by atoms with Crippen LogP contribution in [0.15, 0.2) is 24.3 Å². The molecular weight excluding hydrogens is 264 g/mol. The number of urea groups is 1. The maximum Gasteiger partial charge on any atom is 0.325 e. The molecule has 1 aromatic rings. The molecule has 1 rings (SSSR count). The first-order chi connectivity index (χ1) is 9.52. The summed E-state index contributed by atoms with van der Waals surface area (Å²) in [5.41, 5.74) is 1.22. The highest BCUT2D eigenvalue weighted by molar-refractivity contribution is 5.92. The molecule has 0 saturated carbocycles. The van der Waals surface area contributed by atoms with E-state index in [1.54, 1.807) is 24.3 Å². The molecule has 0 spiro atoms. The van der Waals surface area contributed by atoms with E-state index < -0.39 is 18.0 Å². The van der Waals surface area contributed by atoms with Crippen molar-refractivity contribution in [2.45, 2.75) is 12.8 Å². The number of esters is 1. The van der Waals surface area contributed by atoms with Crippen LogP contribution in [0.4, 0.5) is 10.5 Å². The molecule has 0 aliphatic carbocycles. The topological polar surface area (TPSA) is 105 Å². The van der Waals surface area contributed by atoms with Crippen molar-refractivity contribution in [1.29, 1.82) is 0 Å². The third kappa shape index (κ3) is 5.38. The number of aliphatic carboxylic acids is 1. The van der Waals surface area contributed by atoms with Crippen LogP contribution >= 0.6 is 0 Å². The van der Waals surface area contributed by atoms with Crippen molar-refractivity contribution in [3.63, 3.8) is 0 Å². The minimum absolute atomic E-state index is 0.0253. The molecular formula is C13H16N2O5. The Morgan fingerprint density at radius 2 is 1.95 bits per heavy atom. The van der Waals surface area contributed by atoms with Gasteiger partial charge in [-0.1, -0.05) is 18.2 Å². The zero-order valence-corrected chi connectivity index (χ0v) is 11.0. The molecule has 7 heteroatoms. The Bertz CT molecular complexity index is 501. The van der Waals surface area contributed by atoms with Crippen molar-refractivity contribution in [1.82, 2.24) is 5.32 Å². The van der Waals surface area contributed by atoms with Crippen LogP contribution in [0, 0.1) is 0 Å². The number of hydrogen-bond donors (Lipinski definition) is 3. The number of carbonyl (C=O) groups is 3. The fourth-order valence-electron chi connectivity index (χ4n) is 1.49. The average Bonchev–Trinajstić information content (AvgIpc) is 2.43. The van der Waals surface area contributed by atoms with Crippen LogP contribution < -0.4 is 10.6 Å². The second-order valence-electron chi connectivity index (χ2n) is 3.93. The first-order valence-electron chi connectivity index (χ1n) is 5.94. The van der Waals surface area contributed by atoms with Gasteiger partial charge in [0.1, 0.15) is 6.54 Å². The number of para-hydroxylation sites is 1. The predicted molar refractivity (Wildman–Crippen MR) is 71.4 cm³/mol. The summed E-state index contributed by atoms with van der Waals surface area (Å²) >= 11 is 0. The number of amides is 2. The van der Waals surface area contributed by atoms with Crippen LogP contribution in [0.5, 0.6) is 0 Å². The Balaban J connectivity index is 2.60. The summed E-state index contributed by atoms with van der Waals surface area (Å²) in [6.45, 7) is -0.236. The molecule has 0 atom stereocenters. The predicted octanol–water partition coefficient (Wildman–Crippen LogP) is 0.998. The van der Waals surface area contributed by atoms with E-state index in [2.05, 4.69) is 15.4 Å². The zero-order valence-electron chi connectivity index (χ0n) is 11.0. The van der Waals surface area contributed by atoms with Crippen LogP contribution in [0.25, 0.3) is 0 Å². The van der Waals surface area contributed by atoms with E-state index in [0.717, 1.165) is 0 Å². The zero-order chi connectivity index (χ0) is 15.0. The molecule has 0 aromatic heterocycles. The largest absolute Gasteiger partial charge is 0.481 e. The Kier molecular flexibility index (Phi) is 6.02. The number of anilines is 1. The van der Waals surface area contributed by atoms with Crippen LogP contribution in [-0.2, 0) is 20.7 Å². The van der Waals surface area contributed by atoms with Gasteiger partial charge in [-0.15, -0.1) is 0 Å². The van der Waals surface area contributed by atoms with E-state index in [4.69, 9.17) is 5.11 Å². The third-order valence-corrected chi connectivity index (χ3v) is 2.49. The van der Waals surface area contributed by atoms with E-state index in [9.17, 15) is 14.4 Å². The highest BCUT2D eigenvalue weighted by Gasteiger charge is 2.09. The maximum atomic E-state index is 11.6. The third-order valence-electron chi connectivity index (χ3n) is 2.49. The standard InChI is InChI=1S/C13H16N2O5/c1-20-12(18)8-14-13(19)15-10-5-3-2-4-9(10)6-7-11(16)17/h2-5H,6-8H2,1H3,(H,16,17)(H2,14,15,19). The molecule has 0 heterocycles. The average molecular weight is 280 g/mol. The summed E-state index contributed by atoms with van der Waals surface area (Å²) in [5, 5.41) is 13.6. The first-order valence-corrected chi connectivity index (χ1v) is 5.94. The van der Waals surface area contributed by atoms with Crippen molar-refractivity contribution in [2.75, 3.05) is 19.0 Å². The van der Waals surface area contributed by atoms with Gasteiger partial charge in [0.05, 0.1) is 7.11 Å². The molecule has 7 nitrogen and oxygen atoms in total. The molecule has 20 heavy (non-hydrogen) atoms. The number of benzene rings is 1. The van der Waals surface area contributed by atoms with Crippen LogP contribution in [0.2, 0.25) is 0 Å². The molecule has 0 saturated heterocycles. The smallest absolute Gasteiger partial charge is 0.325 e. The molecule has 0 radical (unpaired) electrons. The SMILES string of the molecule is COC(=O)CNC(=O)Nc1ccccc1CCC(=O)O. The Morgan fingerprint density at radius 1 is 1.25 bits per heavy atom. The van der Waals surface area contributed by atoms with Gasteiger partial charge in [-0.3, -0.25) is 9.59 Å². The number of aryl methyl sites for hydroxylation is 1. The number of methoxy groups -OCH3 is 1. The van der Waals surface area contributed by atoms with Crippen molar-refractivity contribution < 1.29 is 24.2 Å². The Labute approximate surface area is 115 Å². The summed E-state index contributed by atoms with van der Waals surface area (Å²) in [6, 6.07) is 6.32. The number of ether oxygens (including phenoxy) is 1. The van der Waals surface area contributed by atoms with E-state index in [0.29, 0.717) is 17.7 Å². The number of nitrogens with one attached hydrogen (secondary N) is 2. The lowest BCUT2D eigenvalue weighted by Crippen LogP contribution is -2.34. The maximum absolute atomic E-state index is 11.6. The molecule has 0 fully saturated rings. The Hall–Kier alpha value is -2.57. The fraction of sp³-hybridized carbons (Fsp3) is 0.308. The van der Waals surface area contributed by atoms with Gasteiger partial charge >= 0.3 is 18.0 Å². The van der Waals surface area contributed by atoms with Gasteiger partial charge in [-0.25, -0.2) is 4.79 Å². The normalized spacial score (nSPS) is 9.65. The molecule has 2 amide bonds. The second-order valence-corrected chi connectivity index (χ2v) is 3.93. The quantitative estimate of drug-likeness (QED) is 0.674. The van der Waals surface area contributed by atoms with E-state index in [1.807, 2.05) is 0 Å². The van der Waals surface area contributed by atoms with Gasteiger partial charge in [0.15, 0.2) is 0 Å². The molecule has 108 valence electrons. The number of carbonyl (C=O) groups excluding carboxylic acids is 2. The lowest BCUT2D eigenvalue weighted by Gasteiger charge is -2.11. The molecule has 0 bridgehead atoms. The summed E-state index contributed by atoms with van der Waals surface area (Å²) in [4.78, 5) is 33.0. The van der Waals surface area contributed by atoms with E-state index >= 15 is 0 Å². The minimum Gasteiger partial charge on any atom is -0.481 e. The molecule has 3 N–H and O–H groups in total.